The van der Waals surface area contributed by atoms with Crippen LogP contribution in [0.2, 0.25) is 0 Å². The van der Waals surface area contributed by atoms with E-state index in [-0.39, 0.29) is 11.7 Å². The highest BCUT2D eigenvalue weighted by Crippen LogP contribution is 2.14. The number of hydrogen-bond donors (Lipinski definition) is 1. The fourth-order valence-corrected chi connectivity index (χ4v) is 1.26. The summed E-state index contributed by atoms with van der Waals surface area (Å²) in [6.07, 6.45) is 1.85. The molecular weight excluding hydrogens is 168 g/mol. The average molecular weight is 186 g/mol. The van der Waals surface area contributed by atoms with Gasteiger partial charge in [0.1, 0.15) is 5.78 Å². The van der Waals surface area contributed by atoms with Gasteiger partial charge in [-0.1, -0.05) is 20.8 Å². The number of rotatable bonds is 6. The molecule has 0 spiro atoms. The number of hydrogen-bond acceptors (Lipinski definition) is 2. The molecule has 0 fully saturated rings. The minimum atomic E-state index is -0.823. The van der Waals surface area contributed by atoms with Crippen LogP contribution in [-0.4, -0.2) is 16.9 Å². The Morgan fingerprint density at radius 3 is 2.15 bits per heavy atom. The minimum Gasteiger partial charge on any atom is -0.481 e. The van der Waals surface area contributed by atoms with Crippen molar-refractivity contribution in [1.82, 2.24) is 0 Å². The van der Waals surface area contributed by atoms with Gasteiger partial charge in [-0.05, 0) is 12.8 Å². The average Bonchev–Trinajstić information content (AvgIpc) is 2.04. The molecule has 0 saturated heterocycles. The van der Waals surface area contributed by atoms with Crippen LogP contribution in [0.1, 0.15) is 40.0 Å². The van der Waals surface area contributed by atoms with Crippen LogP contribution >= 0.6 is 0 Å². The summed E-state index contributed by atoms with van der Waals surface area (Å²) >= 11 is 0. The molecule has 0 aromatic rings. The zero-order valence-electron chi connectivity index (χ0n) is 8.54. The summed E-state index contributed by atoms with van der Waals surface area (Å²) in [5.74, 6) is -1.19. The van der Waals surface area contributed by atoms with Crippen LogP contribution in [0.4, 0.5) is 0 Å². The van der Waals surface area contributed by atoms with E-state index in [1.165, 1.54) is 0 Å². The third kappa shape index (κ3) is 4.65. The number of ketones is 1. The first-order valence-electron chi connectivity index (χ1n) is 4.74. The van der Waals surface area contributed by atoms with Crippen LogP contribution in [0.15, 0.2) is 0 Å². The molecule has 0 radical (unpaired) electrons. The minimum absolute atomic E-state index is 0.119. The zero-order valence-corrected chi connectivity index (χ0v) is 8.54. The maximum Gasteiger partial charge on any atom is 0.306 e. The van der Waals surface area contributed by atoms with Gasteiger partial charge in [0.2, 0.25) is 0 Å². The third-order valence-electron chi connectivity index (χ3n) is 2.17. The second kappa shape index (κ2) is 5.73. The van der Waals surface area contributed by atoms with E-state index >= 15 is 0 Å². The maximum atomic E-state index is 11.3. The number of aliphatic carboxylic acids is 1. The van der Waals surface area contributed by atoms with Gasteiger partial charge in [-0.25, -0.2) is 0 Å². The van der Waals surface area contributed by atoms with E-state index < -0.39 is 11.9 Å². The second-order valence-corrected chi connectivity index (χ2v) is 3.59. The number of Topliss-reactive ketones (excluding diaryl/α,β-unsaturated/α-hetero) is 1. The molecule has 0 saturated carbocycles. The van der Waals surface area contributed by atoms with Crippen LogP contribution in [-0.2, 0) is 9.59 Å². The van der Waals surface area contributed by atoms with Crippen molar-refractivity contribution >= 4 is 11.8 Å². The number of carboxylic acid groups (broad SMARTS) is 1. The van der Waals surface area contributed by atoms with Crippen LogP contribution in [0.25, 0.3) is 0 Å². The molecule has 1 N–H and O–H groups in total. The predicted molar refractivity (Wildman–Crippen MR) is 50.5 cm³/mol. The molecule has 0 aliphatic rings. The van der Waals surface area contributed by atoms with E-state index in [9.17, 15) is 9.59 Å². The van der Waals surface area contributed by atoms with Crippen LogP contribution in [0, 0.1) is 11.8 Å². The Morgan fingerprint density at radius 2 is 1.77 bits per heavy atom. The fourth-order valence-electron chi connectivity index (χ4n) is 1.26. The van der Waals surface area contributed by atoms with E-state index in [1.54, 1.807) is 13.8 Å². The van der Waals surface area contributed by atoms with Gasteiger partial charge in [0, 0.05) is 12.3 Å². The third-order valence-corrected chi connectivity index (χ3v) is 2.17. The quantitative estimate of drug-likeness (QED) is 0.691. The topological polar surface area (TPSA) is 54.4 Å². The summed E-state index contributed by atoms with van der Waals surface area (Å²) < 4.78 is 0. The molecular formula is C10H18O3. The Hall–Kier alpha value is -0.860. The normalized spacial score (nSPS) is 15.0. The molecule has 0 rings (SSSR count). The summed E-state index contributed by atoms with van der Waals surface area (Å²) in [6.45, 7) is 5.39. The van der Waals surface area contributed by atoms with Gasteiger partial charge in [-0.3, -0.25) is 9.59 Å². The molecule has 3 nitrogen and oxygen atoms in total. The Labute approximate surface area is 79.1 Å². The number of carbonyl (C=O) groups is 2. The molecule has 0 aromatic carbocycles. The van der Waals surface area contributed by atoms with Crippen molar-refractivity contribution in [2.75, 3.05) is 0 Å². The summed E-state index contributed by atoms with van der Waals surface area (Å²) in [7, 11) is 0. The van der Waals surface area contributed by atoms with Crippen molar-refractivity contribution in [1.29, 1.82) is 0 Å². The van der Waals surface area contributed by atoms with Crippen LogP contribution in [0.5, 0.6) is 0 Å². The van der Waals surface area contributed by atoms with Gasteiger partial charge in [0.05, 0.1) is 5.92 Å². The van der Waals surface area contributed by atoms with Crippen molar-refractivity contribution in [2.24, 2.45) is 11.8 Å². The molecule has 0 heterocycles. The molecule has 3 heteroatoms. The lowest BCUT2D eigenvalue weighted by atomic mass is 9.92. The van der Waals surface area contributed by atoms with Gasteiger partial charge in [-0.15, -0.1) is 0 Å². The first kappa shape index (κ1) is 12.1. The molecule has 0 aliphatic carbocycles. The molecule has 13 heavy (non-hydrogen) atoms. The van der Waals surface area contributed by atoms with Crippen molar-refractivity contribution in [3.63, 3.8) is 0 Å². The van der Waals surface area contributed by atoms with Crippen molar-refractivity contribution in [3.8, 4) is 0 Å². The Kier molecular flexibility index (Phi) is 5.35. The molecule has 2 unspecified atom stereocenters. The number of carbonyl (C=O) groups excluding carboxylic acids is 1. The zero-order chi connectivity index (χ0) is 10.4. The van der Waals surface area contributed by atoms with Crippen molar-refractivity contribution in [3.05, 3.63) is 0 Å². The molecule has 0 bridgehead atoms. The van der Waals surface area contributed by atoms with E-state index in [0.717, 1.165) is 6.42 Å². The molecule has 0 amide bonds. The summed E-state index contributed by atoms with van der Waals surface area (Å²) in [5, 5.41) is 8.63. The lowest BCUT2D eigenvalue weighted by Crippen LogP contribution is -2.18. The fraction of sp³-hybridized carbons (Fsp3) is 0.800. The molecule has 0 aromatic heterocycles. The summed E-state index contributed by atoms with van der Waals surface area (Å²) in [5.41, 5.74) is 0. The lowest BCUT2D eigenvalue weighted by Gasteiger charge is -2.12. The molecule has 2 atom stereocenters. The van der Waals surface area contributed by atoms with E-state index in [4.69, 9.17) is 5.11 Å². The number of carboxylic acids is 1. The largest absolute Gasteiger partial charge is 0.481 e. The van der Waals surface area contributed by atoms with E-state index in [1.807, 2.05) is 6.92 Å². The SMILES string of the molecule is CCCC(=O)C(C)CC(C)C(=O)O. The van der Waals surface area contributed by atoms with E-state index in [2.05, 4.69) is 0 Å². The second-order valence-electron chi connectivity index (χ2n) is 3.59. The van der Waals surface area contributed by atoms with Gasteiger partial charge >= 0.3 is 5.97 Å². The van der Waals surface area contributed by atoms with Crippen LogP contribution in [0.3, 0.4) is 0 Å². The highest BCUT2D eigenvalue weighted by Gasteiger charge is 2.19. The smallest absolute Gasteiger partial charge is 0.306 e. The van der Waals surface area contributed by atoms with Gasteiger partial charge in [0.15, 0.2) is 0 Å². The predicted octanol–water partition coefficient (Wildman–Crippen LogP) is 2.10. The molecule has 76 valence electrons. The first-order chi connectivity index (χ1) is 5.99. The van der Waals surface area contributed by atoms with Gasteiger partial charge < -0.3 is 5.11 Å². The summed E-state index contributed by atoms with van der Waals surface area (Å²) in [6, 6.07) is 0. The Morgan fingerprint density at radius 1 is 1.23 bits per heavy atom. The van der Waals surface area contributed by atoms with Crippen LogP contribution < -0.4 is 0 Å². The molecule has 0 aliphatic heterocycles. The van der Waals surface area contributed by atoms with Crippen molar-refractivity contribution in [2.45, 2.75) is 40.0 Å². The standard InChI is InChI=1S/C10H18O3/c1-4-5-9(11)7(2)6-8(3)10(12)13/h7-8H,4-6H2,1-3H3,(H,12,13). The highest BCUT2D eigenvalue weighted by atomic mass is 16.4. The highest BCUT2D eigenvalue weighted by molar-refractivity contribution is 5.81. The Balaban J connectivity index is 3.92. The first-order valence-corrected chi connectivity index (χ1v) is 4.74. The lowest BCUT2D eigenvalue weighted by molar-refractivity contribution is -0.141. The summed E-state index contributed by atoms with van der Waals surface area (Å²) in [4.78, 5) is 21.8. The van der Waals surface area contributed by atoms with E-state index in [0.29, 0.717) is 12.8 Å². The maximum absolute atomic E-state index is 11.3. The van der Waals surface area contributed by atoms with Crippen molar-refractivity contribution < 1.29 is 14.7 Å². The van der Waals surface area contributed by atoms with Gasteiger partial charge in [-0.2, -0.15) is 0 Å². The monoisotopic (exact) mass is 186 g/mol. The Bertz CT molecular complexity index is 187. The van der Waals surface area contributed by atoms with Gasteiger partial charge in [0.25, 0.3) is 0 Å².